The molecular weight excluding hydrogens is 270 g/mol. The lowest BCUT2D eigenvalue weighted by molar-refractivity contribution is -0.141. The van der Waals surface area contributed by atoms with Crippen LogP contribution in [0.4, 0.5) is 0 Å². The van der Waals surface area contributed by atoms with Crippen LogP contribution in [0.15, 0.2) is 0 Å². The first-order valence-electron chi connectivity index (χ1n) is 7.81. The molecule has 0 radical (unpaired) electrons. The van der Waals surface area contributed by atoms with Crippen molar-refractivity contribution in [3.63, 3.8) is 0 Å². The van der Waals surface area contributed by atoms with E-state index in [0.717, 1.165) is 39.1 Å². The van der Waals surface area contributed by atoms with Gasteiger partial charge in [-0.3, -0.25) is 14.5 Å². The Morgan fingerprint density at radius 2 is 1.81 bits per heavy atom. The van der Waals surface area contributed by atoms with Crippen molar-refractivity contribution in [1.29, 1.82) is 0 Å². The normalized spacial score (nSPS) is 19.8. The summed E-state index contributed by atoms with van der Waals surface area (Å²) in [5, 5.41) is 3.03. The van der Waals surface area contributed by atoms with Crippen LogP contribution in [0.3, 0.4) is 0 Å². The Morgan fingerprint density at radius 1 is 1.19 bits per heavy atom. The number of hydrogen-bond acceptors (Lipinski definition) is 5. The van der Waals surface area contributed by atoms with Crippen molar-refractivity contribution in [1.82, 2.24) is 15.1 Å². The molecule has 1 amide bonds. The summed E-state index contributed by atoms with van der Waals surface area (Å²) in [5.74, 6) is -0.0638. The van der Waals surface area contributed by atoms with E-state index in [-0.39, 0.29) is 24.0 Å². The van der Waals surface area contributed by atoms with Gasteiger partial charge in [-0.05, 0) is 20.3 Å². The zero-order valence-electron chi connectivity index (χ0n) is 13.7. The lowest BCUT2D eigenvalue weighted by atomic mass is 10.2. The van der Waals surface area contributed by atoms with Crippen molar-refractivity contribution in [2.75, 3.05) is 39.8 Å². The molecule has 1 saturated heterocycles. The second-order valence-electron chi connectivity index (χ2n) is 5.70. The summed E-state index contributed by atoms with van der Waals surface area (Å²) in [6.07, 6.45) is 1.38. The molecule has 0 aromatic carbocycles. The van der Waals surface area contributed by atoms with Gasteiger partial charge < -0.3 is 15.0 Å². The molecule has 1 N–H and O–H groups in total. The number of nitrogens with zero attached hydrogens (tertiary/aromatic N) is 2. The van der Waals surface area contributed by atoms with Crippen LogP contribution >= 0.6 is 0 Å². The standard InChI is InChI=1S/C15H29N3O3/c1-5-12(2)16-15(20)13(3)18-10-8-17(9-11-18)7-6-14(19)21-4/h12-13H,5-11H2,1-4H3,(H,16,20). The maximum atomic E-state index is 12.1. The predicted molar refractivity (Wildman–Crippen MR) is 82.0 cm³/mol. The Hall–Kier alpha value is -1.14. The number of hydrogen-bond donors (Lipinski definition) is 1. The van der Waals surface area contributed by atoms with Gasteiger partial charge in [-0.2, -0.15) is 0 Å². The smallest absolute Gasteiger partial charge is 0.306 e. The highest BCUT2D eigenvalue weighted by Gasteiger charge is 2.26. The van der Waals surface area contributed by atoms with Crippen molar-refractivity contribution >= 4 is 11.9 Å². The van der Waals surface area contributed by atoms with Crippen molar-refractivity contribution in [2.24, 2.45) is 0 Å². The summed E-state index contributed by atoms with van der Waals surface area (Å²) in [6.45, 7) is 10.3. The number of ether oxygens (including phenoxy) is 1. The third-order valence-electron chi connectivity index (χ3n) is 4.19. The second-order valence-corrected chi connectivity index (χ2v) is 5.70. The molecule has 6 heteroatoms. The van der Waals surface area contributed by atoms with Crippen LogP contribution in [0.25, 0.3) is 0 Å². The SMILES string of the molecule is CCC(C)NC(=O)C(C)N1CCN(CCC(=O)OC)CC1. The van der Waals surface area contributed by atoms with E-state index < -0.39 is 0 Å². The molecule has 0 spiro atoms. The van der Waals surface area contributed by atoms with Crippen molar-refractivity contribution in [3.05, 3.63) is 0 Å². The fourth-order valence-corrected chi connectivity index (χ4v) is 2.36. The number of esters is 1. The maximum Gasteiger partial charge on any atom is 0.306 e. The van der Waals surface area contributed by atoms with Crippen LogP contribution in [0, 0.1) is 0 Å². The molecular formula is C15H29N3O3. The van der Waals surface area contributed by atoms with E-state index in [4.69, 9.17) is 0 Å². The van der Waals surface area contributed by atoms with Gasteiger partial charge in [0.25, 0.3) is 0 Å². The van der Waals surface area contributed by atoms with E-state index in [1.165, 1.54) is 7.11 Å². The second kappa shape index (κ2) is 9.00. The molecule has 1 aliphatic heterocycles. The lowest BCUT2D eigenvalue weighted by Gasteiger charge is -2.37. The molecule has 1 heterocycles. The van der Waals surface area contributed by atoms with Crippen LogP contribution in [-0.2, 0) is 14.3 Å². The Kier molecular flexibility index (Phi) is 7.67. The van der Waals surface area contributed by atoms with E-state index >= 15 is 0 Å². The maximum absolute atomic E-state index is 12.1. The van der Waals surface area contributed by atoms with E-state index in [1.807, 2.05) is 13.8 Å². The van der Waals surface area contributed by atoms with Crippen LogP contribution in [0.5, 0.6) is 0 Å². The largest absolute Gasteiger partial charge is 0.469 e. The Bertz CT molecular complexity index is 341. The molecule has 122 valence electrons. The number of piperazine rings is 1. The highest BCUT2D eigenvalue weighted by Crippen LogP contribution is 2.08. The number of methoxy groups -OCH3 is 1. The van der Waals surface area contributed by atoms with Gasteiger partial charge in [-0.15, -0.1) is 0 Å². The summed E-state index contributed by atoms with van der Waals surface area (Å²) in [5.41, 5.74) is 0. The molecule has 0 aliphatic carbocycles. The summed E-state index contributed by atoms with van der Waals surface area (Å²) in [4.78, 5) is 27.7. The number of carbonyl (C=O) groups is 2. The number of rotatable bonds is 7. The summed E-state index contributed by atoms with van der Waals surface area (Å²) in [6, 6.07) is 0.128. The monoisotopic (exact) mass is 299 g/mol. The molecule has 2 atom stereocenters. The third-order valence-corrected chi connectivity index (χ3v) is 4.19. The van der Waals surface area contributed by atoms with Gasteiger partial charge >= 0.3 is 5.97 Å². The van der Waals surface area contributed by atoms with Crippen molar-refractivity contribution in [2.45, 2.75) is 45.7 Å². The zero-order chi connectivity index (χ0) is 15.8. The fourth-order valence-electron chi connectivity index (χ4n) is 2.36. The van der Waals surface area contributed by atoms with Gasteiger partial charge in [0.1, 0.15) is 0 Å². The van der Waals surface area contributed by atoms with E-state index in [1.54, 1.807) is 0 Å². The number of carbonyl (C=O) groups excluding carboxylic acids is 2. The summed E-state index contributed by atoms with van der Waals surface area (Å²) >= 11 is 0. The Morgan fingerprint density at radius 3 is 2.33 bits per heavy atom. The average molecular weight is 299 g/mol. The van der Waals surface area contributed by atoms with Gasteiger partial charge in [0.15, 0.2) is 0 Å². The molecule has 1 fully saturated rings. The minimum absolute atomic E-state index is 0.0956. The molecule has 6 nitrogen and oxygen atoms in total. The average Bonchev–Trinajstić information content (AvgIpc) is 2.51. The summed E-state index contributed by atoms with van der Waals surface area (Å²) < 4.78 is 4.65. The highest BCUT2D eigenvalue weighted by atomic mass is 16.5. The highest BCUT2D eigenvalue weighted by molar-refractivity contribution is 5.81. The van der Waals surface area contributed by atoms with Gasteiger partial charge in [0, 0.05) is 38.8 Å². The molecule has 0 saturated carbocycles. The van der Waals surface area contributed by atoms with Gasteiger partial charge in [-0.25, -0.2) is 0 Å². The van der Waals surface area contributed by atoms with E-state index in [2.05, 4.69) is 26.8 Å². The number of nitrogens with one attached hydrogen (secondary N) is 1. The Labute approximate surface area is 127 Å². The van der Waals surface area contributed by atoms with Crippen molar-refractivity contribution in [3.8, 4) is 0 Å². The first kappa shape index (κ1) is 17.9. The molecule has 0 aromatic heterocycles. The molecule has 1 rings (SSSR count). The quantitative estimate of drug-likeness (QED) is 0.693. The minimum Gasteiger partial charge on any atom is -0.469 e. The Balaban J connectivity index is 2.31. The van der Waals surface area contributed by atoms with Gasteiger partial charge in [0.2, 0.25) is 5.91 Å². The van der Waals surface area contributed by atoms with Gasteiger partial charge in [-0.1, -0.05) is 6.92 Å². The van der Waals surface area contributed by atoms with Crippen LogP contribution in [0.2, 0.25) is 0 Å². The molecule has 0 aromatic rings. The van der Waals surface area contributed by atoms with Crippen molar-refractivity contribution < 1.29 is 14.3 Å². The van der Waals surface area contributed by atoms with Crippen LogP contribution in [-0.4, -0.2) is 73.6 Å². The summed E-state index contributed by atoms with van der Waals surface area (Å²) in [7, 11) is 1.41. The molecule has 0 bridgehead atoms. The number of amides is 1. The van der Waals surface area contributed by atoms with Crippen LogP contribution in [0.1, 0.15) is 33.6 Å². The minimum atomic E-state index is -0.168. The molecule has 1 aliphatic rings. The molecule has 2 unspecified atom stereocenters. The third kappa shape index (κ3) is 6.01. The molecule has 21 heavy (non-hydrogen) atoms. The van der Waals surface area contributed by atoms with Crippen LogP contribution < -0.4 is 5.32 Å². The van der Waals surface area contributed by atoms with E-state index in [9.17, 15) is 9.59 Å². The zero-order valence-corrected chi connectivity index (χ0v) is 13.7. The first-order valence-corrected chi connectivity index (χ1v) is 7.81. The fraction of sp³-hybridized carbons (Fsp3) is 0.867. The first-order chi connectivity index (χ1) is 9.97. The predicted octanol–water partition coefficient (Wildman–Crippen LogP) is 0.470. The lowest BCUT2D eigenvalue weighted by Crippen LogP contribution is -2.54. The topological polar surface area (TPSA) is 61.9 Å². The van der Waals surface area contributed by atoms with E-state index in [0.29, 0.717) is 6.42 Å². The van der Waals surface area contributed by atoms with Gasteiger partial charge in [0.05, 0.1) is 19.6 Å².